The van der Waals surface area contributed by atoms with Crippen LogP contribution in [0.3, 0.4) is 0 Å². The molecular weight excluding hydrogens is 192 g/mol. The minimum Gasteiger partial charge on any atom is -0.374 e. The van der Waals surface area contributed by atoms with Crippen molar-refractivity contribution >= 4 is 12.4 Å². The Morgan fingerprint density at radius 1 is 1.62 bits per heavy atom. The molecule has 0 spiro atoms. The Balaban J connectivity index is 0.000000845. The van der Waals surface area contributed by atoms with Crippen molar-refractivity contribution in [3.8, 4) is 0 Å². The molecule has 0 aromatic carbocycles. The lowest BCUT2D eigenvalue weighted by molar-refractivity contribution is 0.0161. The summed E-state index contributed by atoms with van der Waals surface area (Å²) < 4.78 is 7.29. The van der Waals surface area contributed by atoms with Gasteiger partial charge in [0.2, 0.25) is 0 Å². The maximum atomic E-state index is 5.50. The van der Waals surface area contributed by atoms with Crippen LogP contribution < -0.4 is 5.32 Å². The Hall–Kier alpha value is -0.650. The lowest BCUT2D eigenvalue weighted by Gasteiger charge is -2.23. The number of nitrogens with zero attached hydrogens (tertiary/aromatic N) is 3. The first-order chi connectivity index (χ1) is 5.95. The summed E-state index contributed by atoms with van der Waals surface area (Å²) in [5, 5.41) is 7.27. The number of halogens is 1. The van der Waals surface area contributed by atoms with Crippen molar-refractivity contribution in [3.05, 3.63) is 12.7 Å². The van der Waals surface area contributed by atoms with Gasteiger partial charge in [-0.2, -0.15) is 5.10 Å². The molecule has 1 unspecified atom stereocenters. The molecule has 0 saturated carbocycles. The standard InChI is InChI=1S/C7H12N4O.ClH/c1-2-12-7(3-8-1)4-11-6-9-5-10-11;/h5-8H,1-4H2;1H. The molecule has 1 saturated heterocycles. The fourth-order valence-electron chi connectivity index (χ4n) is 1.27. The summed E-state index contributed by atoms with van der Waals surface area (Å²) in [5.41, 5.74) is 0. The zero-order valence-electron chi connectivity index (χ0n) is 7.22. The summed E-state index contributed by atoms with van der Waals surface area (Å²) >= 11 is 0. The molecule has 13 heavy (non-hydrogen) atoms. The van der Waals surface area contributed by atoms with Gasteiger partial charge in [-0.05, 0) is 0 Å². The molecule has 1 aromatic heterocycles. The van der Waals surface area contributed by atoms with Crippen molar-refractivity contribution in [2.75, 3.05) is 19.7 Å². The van der Waals surface area contributed by atoms with E-state index in [9.17, 15) is 0 Å². The molecule has 5 nitrogen and oxygen atoms in total. The molecular formula is C7H13ClN4O. The Morgan fingerprint density at radius 3 is 3.15 bits per heavy atom. The maximum Gasteiger partial charge on any atom is 0.137 e. The fraction of sp³-hybridized carbons (Fsp3) is 0.714. The zero-order chi connectivity index (χ0) is 8.23. The van der Waals surface area contributed by atoms with Gasteiger partial charge in [-0.1, -0.05) is 0 Å². The third-order valence-corrected chi connectivity index (χ3v) is 1.86. The molecule has 0 aliphatic carbocycles. The van der Waals surface area contributed by atoms with Gasteiger partial charge < -0.3 is 10.1 Å². The molecule has 0 bridgehead atoms. The van der Waals surface area contributed by atoms with Crippen LogP contribution in [0.2, 0.25) is 0 Å². The molecule has 0 radical (unpaired) electrons. The van der Waals surface area contributed by atoms with Gasteiger partial charge in [-0.15, -0.1) is 12.4 Å². The number of aromatic nitrogens is 3. The molecule has 0 amide bonds. The largest absolute Gasteiger partial charge is 0.374 e. The molecule has 1 aromatic rings. The first-order valence-electron chi connectivity index (χ1n) is 4.10. The van der Waals surface area contributed by atoms with Crippen molar-refractivity contribution in [2.24, 2.45) is 0 Å². The number of hydrogen-bond acceptors (Lipinski definition) is 4. The fourth-order valence-corrected chi connectivity index (χ4v) is 1.27. The van der Waals surface area contributed by atoms with Crippen LogP contribution in [-0.4, -0.2) is 40.6 Å². The summed E-state index contributed by atoms with van der Waals surface area (Å²) in [6.45, 7) is 3.43. The highest BCUT2D eigenvalue weighted by atomic mass is 35.5. The number of nitrogens with one attached hydrogen (secondary N) is 1. The summed E-state index contributed by atoms with van der Waals surface area (Å²) in [5.74, 6) is 0. The second-order valence-corrected chi connectivity index (χ2v) is 2.81. The Kier molecular flexibility index (Phi) is 4.14. The Bertz CT molecular complexity index is 222. The lowest BCUT2D eigenvalue weighted by Crippen LogP contribution is -2.40. The van der Waals surface area contributed by atoms with E-state index in [-0.39, 0.29) is 18.5 Å². The van der Waals surface area contributed by atoms with Crippen molar-refractivity contribution in [3.63, 3.8) is 0 Å². The molecule has 2 rings (SSSR count). The van der Waals surface area contributed by atoms with E-state index in [2.05, 4.69) is 15.4 Å². The predicted octanol–water partition coefficient (Wildman–Crippen LogP) is -0.312. The van der Waals surface area contributed by atoms with Crippen molar-refractivity contribution in [2.45, 2.75) is 12.6 Å². The van der Waals surface area contributed by atoms with Gasteiger partial charge in [-0.3, -0.25) is 4.68 Å². The van der Waals surface area contributed by atoms with Crippen LogP contribution in [0.15, 0.2) is 12.7 Å². The van der Waals surface area contributed by atoms with Crippen LogP contribution in [0, 0.1) is 0 Å². The summed E-state index contributed by atoms with van der Waals surface area (Å²) in [4.78, 5) is 3.86. The van der Waals surface area contributed by atoms with E-state index in [4.69, 9.17) is 4.74 Å². The van der Waals surface area contributed by atoms with E-state index >= 15 is 0 Å². The van der Waals surface area contributed by atoms with E-state index in [1.165, 1.54) is 6.33 Å². The Morgan fingerprint density at radius 2 is 2.54 bits per heavy atom. The molecule has 2 heterocycles. The molecule has 1 atom stereocenters. The molecule has 74 valence electrons. The van der Waals surface area contributed by atoms with Crippen LogP contribution >= 0.6 is 12.4 Å². The van der Waals surface area contributed by atoms with Crippen molar-refractivity contribution in [1.29, 1.82) is 0 Å². The smallest absolute Gasteiger partial charge is 0.137 e. The van der Waals surface area contributed by atoms with E-state index in [0.717, 1.165) is 26.2 Å². The molecule has 1 aliphatic heterocycles. The highest BCUT2D eigenvalue weighted by Gasteiger charge is 2.13. The number of hydrogen-bond donors (Lipinski definition) is 1. The number of ether oxygens (including phenoxy) is 1. The van der Waals surface area contributed by atoms with Gasteiger partial charge >= 0.3 is 0 Å². The zero-order valence-corrected chi connectivity index (χ0v) is 8.04. The maximum absolute atomic E-state index is 5.50. The van der Waals surface area contributed by atoms with Crippen molar-refractivity contribution < 1.29 is 4.74 Å². The van der Waals surface area contributed by atoms with E-state index in [1.54, 1.807) is 11.0 Å². The lowest BCUT2D eigenvalue weighted by atomic mass is 10.3. The van der Waals surface area contributed by atoms with E-state index in [0.29, 0.717) is 0 Å². The third-order valence-electron chi connectivity index (χ3n) is 1.86. The van der Waals surface area contributed by atoms with Crippen LogP contribution in [0.25, 0.3) is 0 Å². The normalized spacial score (nSPS) is 22.3. The van der Waals surface area contributed by atoms with Crippen LogP contribution in [-0.2, 0) is 11.3 Å². The van der Waals surface area contributed by atoms with Gasteiger partial charge in [0.05, 0.1) is 19.3 Å². The number of rotatable bonds is 2. The third kappa shape index (κ3) is 2.95. The average molecular weight is 205 g/mol. The molecule has 1 aliphatic rings. The van der Waals surface area contributed by atoms with Crippen LogP contribution in [0.1, 0.15) is 0 Å². The predicted molar refractivity (Wildman–Crippen MR) is 49.9 cm³/mol. The Labute approximate surface area is 82.9 Å². The molecule has 1 N–H and O–H groups in total. The van der Waals surface area contributed by atoms with Crippen LogP contribution in [0.5, 0.6) is 0 Å². The summed E-state index contributed by atoms with van der Waals surface area (Å²) in [6, 6.07) is 0. The SMILES string of the molecule is Cl.c1ncn(CC2CNCCO2)n1. The molecule has 6 heteroatoms. The van der Waals surface area contributed by atoms with Gasteiger partial charge in [-0.25, -0.2) is 4.98 Å². The monoisotopic (exact) mass is 204 g/mol. The quantitative estimate of drug-likeness (QED) is 0.718. The molecule has 1 fully saturated rings. The topological polar surface area (TPSA) is 52.0 Å². The minimum absolute atomic E-state index is 0. The summed E-state index contributed by atoms with van der Waals surface area (Å²) in [7, 11) is 0. The summed E-state index contributed by atoms with van der Waals surface area (Å²) in [6.07, 6.45) is 3.48. The van der Waals surface area contributed by atoms with Crippen molar-refractivity contribution in [1.82, 2.24) is 20.1 Å². The second kappa shape index (κ2) is 5.16. The second-order valence-electron chi connectivity index (χ2n) is 2.81. The first-order valence-corrected chi connectivity index (χ1v) is 4.10. The van der Waals surface area contributed by atoms with Gasteiger partial charge in [0, 0.05) is 13.1 Å². The van der Waals surface area contributed by atoms with Crippen LogP contribution in [0.4, 0.5) is 0 Å². The van der Waals surface area contributed by atoms with Gasteiger partial charge in [0.15, 0.2) is 0 Å². The minimum atomic E-state index is 0. The highest BCUT2D eigenvalue weighted by Crippen LogP contribution is 1.98. The van der Waals surface area contributed by atoms with E-state index < -0.39 is 0 Å². The number of morpholine rings is 1. The van der Waals surface area contributed by atoms with Gasteiger partial charge in [0.25, 0.3) is 0 Å². The average Bonchev–Trinajstić information content (AvgIpc) is 2.59. The van der Waals surface area contributed by atoms with E-state index in [1.807, 2.05) is 0 Å². The van der Waals surface area contributed by atoms with Gasteiger partial charge in [0.1, 0.15) is 12.7 Å². The highest BCUT2D eigenvalue weighted by molar-refractivity contribution is 5.85. The first kappa shape index (κ1) is 10.4.